The number of ether oxygens (including phenoxy) is 1. The molecule has 6 heteroatoms. The van der Waals surface area contributed by atoms with Crippen molar-refractivity contribution in [3.8, 4) is 5.75 Å². The van der Waals surface area contributed by atoms with Crippen LogP contribution >= 0.6 is 11.6 Å². The lowest BCUT2D eigenvalue weighted by Gasteiger charge is -2.14. The maximum atomic E-state index is 11.9. The molecule has 2 aromatic rings. The lowest BCUT2D eigenvalue weighted by atomic mass is 10.1. The number of methoxy groups -OCH3 is 1. The summed E-state index contributed by atoms with van der Waals surface area (Å²) in [4.78, 5) is 11.9. The minimum absolute atomic E-state index is 0.0790. The highest BCUT2D eigenvalue weighted by atomic mass is 35.5. The maximum Gasteiger partial charge on any atom is 0.239 e. The average Bonchev–Trinajstić information content (AvgIpc) is 2.58. The zero-order valence-electron chi connectivity index (χ0n) is 12.8. The van der Waals surface area contributed by atoms with Crippen molar-refractivity contribution < 1.29 is 14.6 Å². The number of hydrogen-bond acceptors (Lipinski definition) is 4. The molecule has 0 aliphatic rings. The van der Waals surface area contributed by atoms with Crippen molar-refractivity contribution in [3.63, 3.8) is 0 Å². The second kappa shape index (κ2) is 8.41. The topological polar surface area (TPSA) is 70.6 Å². The summed E-state index contributed by atoms with van der Waals surface area (Å²) >= 11 is 6.01. The van der Waals surface area contributed by atoms with E-state index >= 15 is 0 Å². The van der Waals surface area contributed by atoms with Crippen LogP contribution in [-0.4, -0.2) is 31.2 Å². The third-order valence-electron chi connectivity index (χ3n) is 3.30. The Bertz CT molecular complexity index is 664. The number of carbonyl (C=O) groups is 1. The van der Waals surface area contributed by atoms with Gasteiger partial charge in [-0.2, -0.15) is 0 Å². The van der Waals surface area contributed by atoms with Gasteiger partial charge in [-0.25, -0.2) is 0 Å². The average molecular weight is 335 g/mol. The first-order chi connectivity index (χ1) is 11.1. The Labute approximate surface area is 140 Å². The van der Waals surface area contributed by atoms with E-state index in [2.05, 4.69) is 10.6 Å². The third-order valence-corrected chi connectivity index (χ3v) is 3.65. The van der Waals surface area contributed by atoms with Crippen LogP contribution in [0, 0.1) is 0 Å². The summed E-state index contributed by atoms with van der Waals surface area (Å²) in [6, 6.07) is 14.3. The highest BCUT2D eigenvalue weighted by molar-refractivity contribution is 6.31. The zero-order chi connectivity index (χ0) is 16.7. The van der Waals surface area contributed by atoms with Gasteiger partial charge in [-0.15, -0.1) is 0 Å². The van der Waals surface area contributed by atoms with Gasteiger partial charge in [0, 0.05) is 17.1 Å². The number of para-hydroxylation sites is 2. The van der Waals surface area contributed by atoms with E-state index in [1.807, 2.05) is 18.2 Å². The van der Waals surface area contributed by atoms with E-state index in [4.69, 9.17) is 16.3 Å². The van der Waals surface area contributed by atoms with Crippen molar-refractivity contribution in [1.29, 1.82) is 0 Å². The van der Waals surface area contributed by atoms with Gasteiger partial charge in [0.15, 0.2) is 0 Å². The SMILES string of the molecule is COc1ccccc1NCC(=O)NCC(O)c1ccccc1Cl. The molecule has 0 bridgehead atoms. The van der Waals surface area contributed by atoms with E-state index in [1.54, 1.807) is 37.4 Å². The molecular weight excluding hydrogens is 316 g/mol. The largest absolute Gasteiger partial charge is 0.495 e. The Balaban J connectivity index is 1.82. The van der Waals surface area contributed by atoms with E-state index in [-0.39, 0.29) is 19.0 Å². The monoisotopic (exact) mass is 334 g/mol. The van der Waals surface area contributed by atoms with E-state index in [0.29, 0.717) is 16.3 Å². The number of benzene rings is 2. The summed E-state index contributed by atoms with van der Waals surface area (Å²) in [5, 5.41) is 16.2. The van der Waals surface area contributed by atoms with E-state index in [1.165, 1.54) is 0 Å². The molecule has 0 heterocycles. The molecule has 0 aliphatic carbocycles. The first kappa shape index (κ1) is 17.1. The summed E-state index contributed by atoms with van der Waals surface area (Å²) in [5.41, 5.74) is 1.32. The summed E-state index contributed by atoms with van der Waals surface area (Å²) < 4.78 is 5.20. The molecule has 5 nitrogen and oxygen atoms in total. The molecule has 0 saturated carbocycles. The van der Waals surface area contributed by atoms with Gasteiger partial charge in [0.1, 0.15) is 5.75 Å². The Hall–Kier alpha value is -2.24. The number of rotatable bonds is 7. The Morgan fingerprint density at radius 2 is 1.91 bits per heavy atom. The normalized spacial score (nSPS) is 11.6. The van der Waals surface area contributed by atoms with E-state index in [9.17, 15) is 9.90 Å². The van der Waals surface area contributed by atoms with Crippen LogP contribution in [0.25, 0.3) is 0 Å². The van der Waals surface area contributed by atoms with Gasteiger partial charge in [-0.3, -0.25) is 4.79 Å². The van der Waals surface area contributed by atoms with Crippen molar-refractivity contribution in [2.45, 2.75) is 6.10 Å². The minimum atomic E-state index is -0.848. The number of anilines is 1. The molecule has 0 fully saturated rings. The molecular formula is C17H19ClN2O3. The zero-order valence-corrected chi connectivity index (χ0v) is 13.5. The molecule has 3 N–H and O–H groups in total. The molecule has 1 atom stereocenters. The summed E-state index contributed by atoms with van der Waals surface area (Å²) in [6.45, 7) is 0.172. The van der Waals surface area contributed by atoms with Crippen molar-refractivity contribution in [1.82, 2.24) is 5.32 Å². The Morgan fingerprint density at radius 3 is 2.65 bits per heavy atom. The standard InChI is InChI=1S/C17H19ClN2O3/c1-23-16-9-5-4-8-14(16)19-11-17(22)20-10-15(21)12-6-2-3-7-13(12)18/h2-9,15,19,21H,10-11H2,1H3,(H,20,22). The van der Waals surface area contributed by atoms with Gasteiger partial charge in [0.25, 0.3) is 0 Å². The molecule has 0 spiro atoms. The van der Waals surface area contributed by atoms with Crippen LogP contribution in [-0.2, 0) is 4.79 Å². The van der Waals surface area contributed by atoms with Crippen molar-refractivity contribution >= 4 is 23.2 Å². The fraction of sp³-hybridized carbons (Fsp3) is 0.235. The number of nitrogens with one attached hydrogen (secondary N) is 2. The Kier molecular flexibility index (Phi) is 6.26. The number of hydrogen-bond donors (Lipinski definition) is 3. The predicted octanol–water partition coefficient (Wildman–Crippen LogP) is 2.61. The number of aliphatic hydroxyl groups excluding tert-OH is 1. The van der Waals surface area contributed by atoms with Crippen molar-refractivity contribution in [3.05, 3.63) is 59.1 Å². The van der Waals surface area contributed by atoms with Crippen LogP contribution in [0.5, 0.6) is 5.75 Å². The van der Waals surface area contributed by atoms with Crippen LogP contribution in [0.3, 0.4) is 0 Å². The summed E-state index contributed by atoms with van der Waals surface area (Å²) in [7, 11) is 1.57. The van der Waals surface area contributed by atoms with Gasteiger partial charge >= 0.3 is 0 Å². The highest BCUT2D eigenvalue weighted by Crippen LogP contribution is 2.23. The summed E-state index contributed by atoms with van der Waals surface area (Å²) in [5.74, 6) is 0.429. The van der Waals surface area contributed by atoms with Gasteiger partial charge in [0.2, 0.25) is 5.91 Å². The molecule has 1 unspecified atom stereocenters. The molecule has 23 heavy (non-hydrogen) atoms. The first-order valence-corrected chi connectivity index (χ1v) is 7.55. The first-order valence-electron chi connectivity index (χ1n) is 7.18. The minimum Gasteiger partial charge on any atom is -0.495 e. The molecule has 1 amide bonds. The quantitative estimate of drug-likeness (QED) is 0.728. The van der Waals surface area contributed by atoms with Crippen LogP contribution in [0.1, 0.15) is 11.7 Å². The van der Waals surface area contributed by atoms with E-state index in [0.717, 1.165) is 5.69 Å². The Morgan fingerprint density at radius 1 is 1.22 bits per heavy atom. The molecule has 0 saturated heterocycles. The van der Waals surface area contributed by atoms with Crippen LogP contribution in [0.15, 0.2) is 48.5 Å². The molecule has 0 radical (unpaired) electrons. The maximum absolute atomic E-state index is 11.9. The lowest BCUT2D eigenvalue weighted by molar-refractivity contribution is -0.119. The fourth-order valence-corrected chi connectivity index (χ4v) is 2.36. The number of carbonyl (C=O) groups excluding carboxylic acids is 1. The molecule has 2 aromatic carbocycles. The number of amides is 1. The van der Waals surface area contributed by atoms with Crippen molar-refractivity contribution in [2.75, 3.05) is 25.5 Å². The van der Waals surface area contributed by atoms with Gasteiger partial charge < -0.3 is 20.5 Å². The highest BCUT2D eigenvalue weighted by Gasteiger charge is 2.12. The molecule has 0 aromatic heterocycles. The van der Waals surface area contributed by atoms with Gasteiger partial charge in [0.05, 0.1) is 25.4 Å². The van der Waals surface area contributed by atoms with Crippen molar-refractivity contribution in [2.24, 2.45) is 0 Å². The third kappa shape index (κ3) is 4.87. The molecule has 2 rings (SSSR count). The lowest BCUT2D eigenvalue weighted by Crippen LogP contribution is -2.33. The smallest absolute Gasteiger partial charge is 0.239 e. The van der Waals surface area contributed by atoms with Crippen LogP contribution in [0.2, 0.25) is 5.02 Å². The number of aliphatic hydroxyl groups is 1. The van der Waals surface area contributed by atoms with Crippen LogP contribution in [0.4, 0.5) is 5.69 Å². The second-order valence-corrected chi connectivity index (χ2v) is 5.30. The predicted molar refractivity (Wildman–Crippen MR) is 90.9 cm³/mol. The van der Waals surface area contributed by atoms with Gasteiger partial charge in [-0.05, 0) is 18.2 Å². The molecule has 0 aliphatic heterocycles. The molecule has 122 valence electrons. The van der Waals surface area contributed by atoms with Gasteiger partial charge in [-0.1, -0.05) is 41.9 Å². The van der Waals surface area contributed by atoms with E-state index < -0.39 is 6.10 Å². The second-order valence-electron chi connectivity index (χ2n) is 4.90. The van der Waals surface area contributed by atoms with Crippen LogP contribution < -0.4 is 15.4 Å². The summed E-state index contributed by atoms with van der Waals surface area (Å²) in [6.07, 6.45) is -0.848. The fourth-order valence-electron chi connectivity index (χ4n) is 2.09. The number of halogens is 1.